The number of carbonyl (C=O) groups excluding carboxylic acids is 1. The Labute approximate surface area is 123 Å². The second-order valence-electron chi connectivity index (χ2n) is 4.95. The van der Waals surface area contributed by atoms with E-state index in [0.717, 1.165) is 12.0 Å². The smallest absolute Gasteiger partial charge is 0.229 e. The van der Waals surface area contributed by atoms with Crippen LogP contribution in [0.25, 0.3) is 0 Å². The first-order valence-corrected chi connectivity index (χ1v) is 7.35. The van der Waals surface area contributed by atoms with Gasteiger partial charge in [-0.1, -0.05) is 47.6 Å². The van der Waals surface area contributed by atoms with E-state index in [1.165, 1.54) is 6.07 Å². The molecule has 0 atom stereocenters. The van der Waals surface area contributed by atoms with Crippen LogP contribution in [-0.4, -0.2) is 5.91 Å². The van der Waals surface area contributed by atoms with Crippen molar-refractivity contribution in [2.24, 2.45) is 5.41 Å². The van der Waals surface area contributed by atoms with Crippen molar-refractivity contribution in [1.29, 1.82) is 0 Å². The van der Waals surface area contributed by atoms with E-state index < -0.39 is 5.41 Å². The van der Waals surface area contributed by atoms with Crippen molar-refractivity contribution >= 4 is 27.5 Å². The van der Waals surface area contributed by atoms with E-state index in [-0.39, 0.29) is 11.7 Å². The lowest BCUT2D eigenvalue weighted by molar-refractivity contribution is -0.123. The lowest BCUT2D eigenvalue weighted by atomic mass is 9.95. The third-order valence-electron chi connectivity index (χ3n) is 2.48. The Hall–Kier alpha value is -0.900. The summed E-state index contributed by atoms with van der Waals surface area (Å²) in [7, 11) is 0. The zero-order valence-electron chi connectivity index (χ0n) is 12.5. The summed E-state index contributed by atoms with van der Waals surface area (Å²) in [6.45, 7) is 11.4. The van der Waals surface area contributed by atoms with Gasteiger partial charge >= 0.3 is 0 Å². The van der Waals surface area contributed by atoms with E-state index in [2.05, 4.69) is 21.2 Å². The fraction of sp³-hybridized carbons (Fsp3) is 0.533. The zero-order chi connectivity index (χ0) is 15.2. The molecular weight excluding hydrogens is 309 g/mol. The van der Waals surface area contributed by atoms with E-state index in [1.807, 2.05) is 41.5 Å². The van der Waals surface area contributed by atoms with Crippen LogP contribution in [0.15, 0.2) is 16.6 Å². The van der Waals surface area contributed by atoms with Crippen molar-refractivity contribution in [2.75, 3.05) is 5.32 Å². The Bertz CT molecular complexity index is 439. The zero-order valence-corrected chi connectivity index (χ0v) is 14.1. The van der Waals surface area contributed by atoms with Crippen molar-refractivity contribution < 1.29 is 9.18 Å². The van der Waals surface area contributed by atoms with Crippen LogP contribution >= 0.6 is 15.9 Å². The van der Waals surface area contributed by atoms with Crippen molar-refractivity contribution in [3.63, 3.8) is 0 Å². The third kappa shape index (κ3) is 4.94. The molecule has 2 nitrogen and oxygen atoms in total. The van der Waals surface area contributed by atoms with Crippen LogP contribution in [0, 0.1) is 11.2 Å². The first-order chi connectivity index (χ1) is 8.77. The van der Waals surface area contributed by atoms with Gasteiger partial charge in [-0.2, -0.15) is 0 Å². The number of nitrogens with one attached hydrogen (secondary N) is 1. The molecular formula is C15H23BrFNO. The highest BCUT2D eigenvalue weighted by atomic mass is 79.9. The molecule has 0 unspecified atom stereocenters. The number of hydrogen-bond acceptors (Lipinski definition) is 1. The van der Waals surface area contributed by atoms with Crippen LogP contribution in [0.5, 0.6) is 0 Å². The number of amides is 1. The molecule has 0 bridgehead atoms. The quantitative estimate of drug-likeness (QED) is 0.796. The minimum absolute atomic E-state index is 0.126. The number of halogens is 2. The number of anilines is 1. The van der Waals surface area contributed by atoms with Crippen molar-refractivity contribution in [3.8, 4) is 0 Å². The maximum atomic E-state index is 13.4. The Balaban J connectivity index is 0.00000154. The van der Waals surface area contributed by atoms with Gasteiger partial charge in [0, 0.05) is 5.41 Å². The molecule has 0 fully saturated rings. The fourth-order valence-corrected chi connectivity index (χ4v) is 1.81. The average Bonchev–Trinajstić information content (AvgIpc) is 2.36. The molecule has 1 rings (SSSR count). The number of carbonyl (C=O) groups is 1. The summed E-state index contributed by atoms with van der Waals surface area (Å²) < 4.78 is 13.8. The molecule has 0 aliphatic carbocycles. The minimum Gasteiger partial charge on any atom is -0.324 e. The molecule has 1 N–H and O–H groups in total. The van der Waals surface area contributed by atoms with E-state index in [1.54, 1.807) is 6.07 Å². The van der Waals surface area contributed by atoms with E-state index >= 15 is 0 Å². The molecule has 0 radical (unpaired) electrons. The van der Waals surface area contributed by atoms with Gasteiger partial charge in [-0.3, -0.25) is 4.79 Å². The highest BCUT2D eigenvalue weighted by molar-refractivity contribution is 9.10. The first-order valence-electron chi connectivity index (χ1n) is 6.55. The van der Waals surface area contributed by atoms with Crippen LogP contribution in [-0.2, 0) is 11.2 Å². The maximum absolute atomic E-state index is 13.4. The normalized spacial score (nSPS) is 10.5. The summed E-state index contributed by atoms with van der Waals surface area (Å²) >= 11 is 3.18. The van der Waals surface area contributed by atoms with Gasteiger partial charge in [0.15, 0.2) is 0 Å². The fourth-order valence-electron chi connectivity index (χ4n) is 1.32. The molecule has 4 heteroatoms. The molecule has 108 valence electrons. The molecule has 0 saturated heterocycles. The van der Waals surface area contributed by atoms with Gasteiger partial charge in [0.25, 0.3) is 0 Å². The number of aryl methyl sites for hydroxylation is 1. The molecule has 0 aliphatic heterocycles. The minimum atomic E-state index is -0.503. The number of rotatable bonds is 2. The topological polar surface area (TPSA) is 29.1 Å². The van der Waals surface area contributed by atoms with E-state index in [0.29, 0.717) is 10.2 Å². The Morgan fingerprint density at radius 1 is 1.32 bits per heavy atom. The molecule has 0 aromatic heterocycles. The average molecular weight is 332 g/mol. The maximum Gasteiger partial charge on any atom is 0.229 e. The summed E-state index contributed by atoms with van der Waals surface area (Å²) in [6.07, 6.45) is 0.735. The van der Waals surface area contributed by atoms with Gasteiger partial charge < -0.3 is 5.32 Å². The van der Waals surface area contributed by atoms with Gasteiger partial charge in [-0.05, 0) is 34.0 Å². The molecule has 19 heavy (non-hydrogen) atoms. The lowest BCUT2D eigenvalue weighted by Gasteiger charge is -2.20. The molecule has 1 aromatic carbocycles. The summed E-state index contributed by atoms with van der Waals surface area (Å²) in [6, 6.07) is 3.09. The van der Waals surface area contributed by atoms with Gasteiger partial charge in [0.2, 0.25) is 5.91 Å². The Morgan fingerprint density at radius 3 is 2.26 bits per heavy atom. The number of hydrogen-bond donors (Lipinski definition) is 1. The Kier molecular flexibility index (Phi) is 7.27. The van der Waals surface area contributed by atoms with E-state index in [9.17, 15) is 9.18 Å². The van der Waals surface area contributed by atoms with Crippen molar-refractivity contribution in [3.05, 3.63) is 28.0 Å². The van der Waals surface area contributed by atoms with Gasteiger partial charge in [-0.15, -0.1) is 0 Å². The van der Waals surface area contributed by atoms with Crippen LogP contribution in [0.2, 0.25) is 0 Å². The SMILES string of the molecule is CC.CCc1ccc(F)c(Br)c1NC(=O)C(C)(C)C. The molecule has 1 aromatic rings. The molecule has 0 spiro atoms. The van der Waals surface area contributed by atoms with Crippen LogP contribution in [0.4, 0.5) is 10.1 Å². The predicted octanol–water partition coefficient (Wildman–Crippen LogP) is 5.16. The largest absolute Gasteiger partial charge is 0.324 e. The monoisotopic (exact) mass is 331 g/mol. The summed E-state index contributed by atoms with van der Waals surface area (Å²) in [4.78, 5) is 11.9. The standard InChI is InChI=1S/C13H17BrFNO.C2H6/c1-5-8-6-7-9(15)10(14)11(8)16-12(17)13(2,3)4;1-2/h6-7H,5H2,1-4H3,(H,16,17);1-2H3. The third-order valence-corrected chi connectivity index (χ3v) is 3.26. The molecule has 1 amide bonds. The summed E-state index contributed by atoms with van der Waals surface area (Å²) in [5.74, 6) is -0.495. The molecule has 0 saturated carbocycles. The second kappa shape index (κ2) is 7.63. The second-order valence-corrected chi connectivity index (χ2v) is 5.75. The summed E-state index contributed by atoms with van der Waals surface area (Å²) in [5.41, 5.74) is 0.944. The van der Waals surface area contributed by atoms with Crippen molar-refractivity contribution in [2.45, 2.75) is 48.0 Å². The van der Waals surface area contributed by atoms with Crippen molar-refractivity contribution in [1.82, 2.24) is 0 Å². The lowest BCUT2D eigenvalue weighted by Crippen LogP contribution is -2.28. The highest BCUT2D eigenvalue weighted by Gasteiger charge is 2.23. The predicted molar refractivity (Wildman–Crippen MR) is 82.9 cm³/mol. The van der Waals surface area contributed by atoms with E-state index in [4.69, 9.17) is 0 Å². The Morgan fingerprint density at radius 2 is 1.84 bits per heavy atom. The molecule has 0 aliphatic rings. The summed E-state index contributed by atoms with van der Waals surface area (Å²) in [5, 5.41) is 2.78. The van der Waals surface area contributed by atoms with Gasteiger partial charge in [-0.25, -0.2) is 4.39 Å². The van der Waals surface area contributed by atoms with Crippen LogP contribution < -0.4 is 5.32 Å². The first kappa shape index (κ1) is 18.1. The molecule has 0 heterocycles. The number of benzene rings is 1. The van der Waals surface area contributed by atoms with Gasteiger partial charge in [0.1, 0.15) is 5.82 Å². The highest BCUT2D eigenvalue weighted by Crippen LogP contribution is 2.31. The van der Waals surface area contributed by atoms with Crippen LogP contribution in [0.3, 0.4) is 0 Å². The van der Waals surface area contributed by atoms with Gasteiger partial charge in [0.05, 0.1) is 10.2 Å². The van der Waals surface area contributed by atoms with Crippen LogP contribution in [0.1, 0.15) is 47.1 Å².